The molecule has 3 heterocycles. The van der Waals surface area contributed by atoms with E-state index in [1.54, 1.807) is 53.5 Å². The number of benzene rings is 1. The van der Waals surface area contributed by atoms with Crippen LogP contribution < -0.4 is 5.32 Å². The minimum Gasteiger partial charge on any atom is -0.344 e. The van der Waals surface area contributed by atoms with E-state index in [-0.39, 0.29) is 17.7 Å². The lowest BCUT2D eigenvalue weighted by Gasteiger charge is -2.21. The lowest BCUT2D eigenvalue weighted by atomic mass is 10.1. The Hall–Kier alpha value is -3.75. The van der Waals surface area contributed by atoms with Gasteiger partial charge in [0.15, 0.2) is 5.65 Å². The van der Waals surface area contributed by atoms with Crippen LogP contribution in [0.4, 0.5) is 5.69 Å². The van der Waals surface area contributed by atoms with Crippen molar-refractivity contribution < 1.29 is 14.4 Å². The van der Waals surface area contributed by atoms with Crippen LogP contribution in [-0.4, -0.2) is 68.8 Å². The smallest absolute Gasteiger partial charge is 0.261 e. The maximum absolute atomic E-state index is 13.0. The van der Waals surface area contributed by atoms with Gasteiger partial charge in [-0.3, -0.25) is 14.4 Å². The van der Waals surface area contributed by atoms with Gasteiger partial charge in [0.25, 0.3) is 11.8 Å². The summed E-state index contributed by atoms with van der Waals surface area (Å²) in [5.41, 5.74) is 2.64. The van der Waals surface area contributed by atoms with E-state index in [4.69, 9.17) is 0 Å². The molecule has 9 nitrogen and oxygen atoms in total. The van der Waals surface area contributed by atoms with Crippen molar-refractivity contribution in [1.29, 1.82) is 0 Å². The Morgan fingerprint density at radius 2 is 2.00 bits per heavy atom. The van der Waals surface area contributed by atoms with E-state index in [0.717, 1.165) is 5.56 Å². The van der Waals surface area contributed by atoms with Gasteiger partial charge < -0.3 is 15.1 Å². The van der Waals surface area contributed by atoms with Gasteiger partial charge in [-0.2, -0.15) is 5.10 Å². The molecule has 1 aromatic carbocycles. The molecule has 0 saturated carbocycles. The quantitative estimate of drug-likeness (QED) is 0.712. The molecule has 3 aromatic rings. The van der Waals surface area contributed by atoms with E-state index < -0.39 is 0 Å². The molecule has 1 fully saturated rings. The van der Waals surface area contributed by atoms with Crippen molar-refractivity contribution in [3.05, 3.63) is 59.5 Å². The molecule has 3 amide bonds. The van der Waals surface area contributed by atoms with Crippen molar-refractivity contribution in [3.8, 4) is 0 Å². The lowest BCUT2D eigenvalue weighted by molar-refractivity contribution is -0.129. The summed E-state index contributed by atoms with van der Waals surface area (Å²) >= 11 is 0. The minimum atomic E-state index is -0.349. The predicted octanol–water partition coefficient (Wildman–Crippen LogP) is 1.59. The fraction of sp³-hybridized carbons (Fsp3) is 0.286. The van der Waals surface area contributed by atoms with Crippen LogP contribution in [0.1, 0.15) is 32.7 Å². The summed E-state index contributed by atoms with van der Waals surface area (Å²) in [5, 5.41) is 7.00. The highest BCUT2D eigenvalue weighted by Gasteiger charge is 2.23. The van der Waals surface area contributed by atoms with Crippen LogP contribution in [0.3, 0.4) is 0 Å². The van der Waals surface area contributed by atoms with Gasteiger partial charge in [-0.25, -0.2) is 9.50 Å². The van der Waals surface area contributed by atoms with Crippen LogP contribution in [0.5, 0.6) is 0 Å². The Morgan fingerprint density at radius 3 is 2.83 bits per heavy atom. The van der Waals surface area contributed by atoms with Crippen LogP contribution in [0.25, 0.3) is 5.65 Å². The second-order valence-electron chi connectivity index (χ2n) is 7.29. The van der Waals surface area contributed by atoms with Crippen molar-refractivity contribution in [2.24, 2.45) is 0 Å². The van der Waals surface area contributed by atoms with Crippen molar-refractivity contribution in [1.82, 2.24) is 24.4 Å². The molecular formula is C21H22N6O3. The summed E-state index contributed by atoms with van der Waals surface area (Å²) in [4.78, 5) is 45.2. The third-order valence-electron chi connectivity index (χ3n) is 5.27. The fourth-order valence-corrected chi connectivity index (χ4v) is 3.38. The van der Waals surface area contributed by atoms with Gasteiger partial charge in [0, 0.05) is 56.7 Å². The van der Waals surface area contributed by atoms with Gasteiger partial charge in [-0.15, -0.1) is 0 Å². The van der Waals surface area contributed by atoms with Gasteiger partial charge in [-0.1, -0.05) is 6.07 Å². The number of nitrogens with zero attached hydrogens (tertiary/aromatic N) is 5. The molecule has 9 heteroatoms. The van der Waals surface area contributed by atoms with Gasteiger partial charge in [-0.05, 0) is 30.7 Å². The number of carbonyl (C=O) groups excluding carboxylic acids is 3. The summed E-state index contributed by atoms with van der Waals surface area (Å²) < 4.78 is 1.53. The van der Waals surface area contributed by atoms with Crippen LogP contribution in [0.2, 0.25) is 0 Å². The summed E-state index contributed by atoms with van der Waals surface area (Å²) in [6.45, 7) is 3.22. The second kappa shape index (κ2) is 7.94. The molecule has 4 rings (SSSR count). The molecule has 0 atom stereocenters. The number of carbonyl (C=O) groups is 3. The number of likely N-dealkylation sites (N-methyl/N-ethyl adjacent to an activating group) is 1. The standard InChI is InChI=1S/C21H22N6O3/c1-14-4-5-15(21(30)26-9-6-18(28)25(2)10-11-26)12-17(14)24-20(29)16-13-23-27-8-3-7-22-19(16)27/h3-5,7-8,12-13H,6,9-11H2,1-2H3,(H,24,29). The van der Waals surface area contributed by atoms with E-state index in [9.17, 15) is 14.4 Å². The largest absolute Gasteiger partial charge is 0.344 e. The van der Waals surface area contributed by atoms with E-state index >= 15 is 0 Å². The maximum Gasteiger partial charge on any atom is 0.261 e. The molecule has 0 radical (unpaired) electrons. The highest BCUT2D eigenvalue weighted by Crippen LogP contribution is 2.20. The monoisotopic (exact) mass is 406 g/mol. The van der Waals surface area contributed by atoms with Crippen LogP contribution in [-0.2, 0) is 4.79 Å². The molecule has 0 bridgehead atoms. The zero-order valence-corrected chi connectivity index (χ0v) is 16.8. The molecule has 1 aliphatic rings. The summed E-state index contributed by atoms with van der Waals surface area (Å²) in [6.07, 6.45) is 5.08. The van der Waals surface area contributed by atoms with E-state index in [1.165, 1.54) is 10.7 Å². The molecular weight excluding hydrogens is 384 g/mol. The van der Waals surface area contributed by atoms with Gasteiger partial charge in [0.05, 0.1) is 6.20 Å². The zero-order chi connectivity index (χ0) is 21.3. The van der Waals surface area contributed by atoms with Gasteiger partial charge in [0.1, 0.15) is 5.56 Å². The molecule has 1 saturated heterocycles. The van der Waals surface area contributed by atoms with Crippen molar-refractivity contribution in [2.75, 3.05) is 32.0 Å². The zero-order valence-electron chi connectivity index (χ0n) is 16.8. The second-order valence-corrected chi connectivity index (χ2v) is 7.29. The normalized spacial score (nSPS) is 14.7. The molecule has 0 unspecified atom stereocenters. The number of aromatic nitrogens is 3. The number of nitrogens with one attached hydrogen (secondary N) is 1. The average molecular weight is 406 g/mol. The van der Waals surface area contributed by atoms with Gasteiger partial charge in [0.2, 0.25) is 5.91 Å². The SMILES string of the molecule is Cc1ccc(C(=O)N2CCC(=O)N(C)CC2)cc1NC(=O)c1cnn2cccnc12. The number of fused-ring (bicyclic) bond motifs is 1. The highest BCUT2D eigenvalue weighted by molar-refractivity contribution is 6.09. The number of anilines is 1. The van der Waals surface area contributed by atoms with E-state index in [0.29, 0.717) is 48.5 Å². The first-order valence-electron chi connectivity index (χ1n) is 9.67. The first-order chi connectivity index (χ1) is 14.4. The molecule has 0 spiro atoms. The number of hydrogen-bond donors (Lipinski definition) is 1. The number of aryl methyl sites for hydroxylation is 1. The topological polar surface area (TPSA) is 99.9 Å². The van der Waals surface area contributed by atoms with E-state index in [2.05, 4.69) is 15.4 Å². The molecule has 0 aliphatic carbocycles. The Bertz CT molecular complexity index is 1140. The minimum absolute atomic E-state index is 0.0316. The number of rotatable bonds is 3. The third kappa shape index (κ3) is 3.73. The molecule has 30 heavy (non-hydrogen) atoms. The number of hydrogen-bond acceptors (Lipinski definition) is 5. The van der Waals surface area contributed by atoms with Crippen molar-refractivity contribution in [3.63, 3.8) is 0 Å². The highest BCUT2D eigenvalue weighted by atomic mass is 16.2. The summed E-state index contributed by atoms with van der Waals surface area (Å²) in [5.74, 6) is -0.478. The molecule has 154 valence electrons. The Morgan fingerprint density at radius 1 is 1.17 bits per heavy atom. The summed E-state index contributed by atoms with van der Waals surface area (Å²) in [7, 11) is 1.74. The first kappa shape index (κ1) is 19.6. The Labute approximate surface area is 173 Å². The average Bonchev–Trinajstić information content (AvgIpc) is 3.11. The molecule has 1 aliphatic heterocycles. The molecule has 2 aromatic heterocycles. The fourth-order valence-electron chi connectivity index (χ4n) is 3.38. The predicted molar refractivity (Wildman–Crippen MR) is 110 cm³/mol. The van der Waals surface area contributed by atoms with E-state index in [1.807, 2.05) is 6.92 Å². The Balaban J connectivity index is 1.55. The maximum atomic E-state index is 13.0. The van der Waals surface area contributed by atoms with Crippen LogP contribution in [0, 0.1) is 6.92 Å². The summed E-state index contributed by atoms with van der Waals surface area (Å²) in [6, 6.07) is 6.94. The van der Waals surface area contributed by atoms with Crippen LogP contribution >= 0.6 is 0 Å². The number of amides is 3. The van der Waals surface area contributed by atoms with Gasteiger partial charge >= 0.3 is 0 Å². The lowest BCUT2D eigenvalue weighted by Crippen LogP contribution is -2.34. The third-order valence-corrected chi connectivity index (χ3v) is 5.27. The van der Waals surface area contributed by atoms with Crippen LogP contribution in [0.15, 0.2) is 42.9 Å². The molecule has 1 N–H and O–H groups in total. The Kier molecular flexibility index (Phi) is 5.18. The van der Waals surface area contributed by atoms with Crippen molar-refractivity contribution >= 4 is 29.1 Å². The first-order valence-corrected chi connectivity index (χ1v) is 9.67. The van der Waals surface area contributed by atoms with Crippen molar-refractivity contribution in [2.45, 2.75) is 13.3 Å².